The van der Waals surface area contributed by atoms with Gasteiger partial charge in [0, 0.05) is 17.4 Å². The predicted octanol–water partition coefficient (Wildman–Crippen LogP) is 2.77. The molecule has 0 fully saturated rings. The summed E-state index contributed by atoms with van der Waals surface area (Å²) in [7, 11) is 0. The smallest absolute Gasteiger partial charge is 0.106 e. The number of hydrogen-bond acceptors (Lipinski definition) is 3. The Morgan fingerprint density at radius 1 is 1.35 bits per heavy atom. The molecule has 0 aliphatic rings. The van der Waals surface area contributed by atoms with Gasteiger partial charge in [-0.25, -0.2) is 0 Å². The third-order valence-corrected chi connectivity index (χ3v) is 2.60. The first-order valence-electron chi connectivity index (χ1n) is 5.24. The highest BCUT2D eigenvalue weighted by Crippen LogP contribution is 2.20. The molecule has 0 bridgehead atoms. The molecule has 0 aliphatic carbocycles. The van der Waals surface area contributed by atoms with Crippen LogP contribution >= 0.6 is 12.2 Å². The summed E-state index contributed by atoms with van der Waals surface area (Å²) in [4.78, 5) is 4.43. The van der Waals surface area contributed by atoms with Gasteiger partial charge in [0.05, 0.1) is 11.9 Å². The van der Waals surface area contributed by atoms with Crippen molar-refractivity contribution in [1.82, 2.24) is 4.98 Å². The van der Waals surface area contributed by atoms with Crippen LogP contribution < -0.4 is 11.1 Å². The van der Waals surface area contributed by atoms with Gasteiger partial charge in [-0.15, -0.1) is 0 Å². The lowest BCUT2D eigenvalue weighted by Crippen LogP contribution is -2.12. The molecule has 0 saturated carbocycles. The number of rotatable bonds is 3. The van der Waals surface area contributed by atoms with E-state index in [0.29, 0.717) is 4.99 Å². The Hall–Kier alpha value is -1.94. The molecule has 0 radical (unpaired) electrons. The third-order valence-electron chi connectivity index (χ3n) is 2.38. The molecule has 1 heterocycles. The Morgan fingerprint density at radius 2 is 2.18 bits per heavy atom. The number of aromatic nitrogens is 1. The molecule has 3 nitrogen and oxygen atoms in total. The molecule has 1 aromatic heterocycles. The average molecular weight is 243 g/mol. The normalized spacial score (nSPS) is 9.94. The van der Waals surface area contributed by atoms with E-state index in [1.165, 1.54) is 5.56 Å². The van der Waals surface area contributed by atoms with E-state index >= 15 is 0 Å². The Labute approximate surface area is 106 Å². The highest BCUT2D eigenvalue weighted by atomic mass is 32.1. The zero-order valence-corrected chi connectivity index (χ0v) is 10.3. The molecule has 0 spiro atoms. The topological polar surface area (TPSA) is 50.9 Å². The molecule has 3 N–H and O–H groups in total. The van der Waals surface area contributed by atoms with Crippen LogP contribution in [0, 0.1) is 6.92 Å². The number of nitrogens with one attached hydrogen (secondary N) is 1. The molecule has 0 atom stereocenters. The number of aryl methyl sites for hydroxylation is 1. The minimum absolute atomic E-state index is 0.363. The van der Waals surface area contributed by atoms with Crippen LogP contribution in [0.1, 0.15) is 11.1 Å². The van der Waals surface area contributed by atoms with Gasteiger partial charge in [0.1, 0.15) is 4.99 Å². The van der Waals surface area contributed by atoms with Gasteiger partial charge >= 0.3 is 0 Å². The van der Waals surface area contributed by atoms with Crippen molar-refractivity contribution >= 4 is 28.6 Å². The number of benzene rings is 1. The van der Waals surface area contributed by atoms with Crippen LogP contribution in [-0.4, -0.2) is 9.97 Å². The molecule has 0 amide bonds. The molecule has 4 heteroatoms. The lowest BCUT2D eigenvalue weighted by molar-refractivity contribution is 1.31. The maximum Gasteiger partial charge on any atom is 0.106 e. The van der Waals surface area contributed by atoms with Crippen LogP contribution in [0.15, 0.2) is 42.7 Å². The van der Waals surface area contributed by atoms with Crippen molar-refractivity contribution in [3.8, 4) is 0 Å². The Bertz CT molecular complexity index is 552. The SMILES string of the molecule is Cc1cccc(Nc2cnccc2C(N)=S)c1. The Balaban J connectivity index is 2.33. The summed E-state index contributed by atoms with van der Waals surface area (Å²) in [5, 5.41) is 3.26. The van der Waals surface area contributed by atoms with E-state index in [4.69, 9.17) is 18.0 Å². The van der Waals surface area contributed by atoms with Crippen molar-refractivity contribution in [3.63, 3.8) is 0 Å². The number of anilines is 2. The van der Waals surface area contributed by atoms with E-state index in [9.17, 15) is 0 Å². The summed E-state index contributed by atoms with van der Waals surface area (Å²) in [6.07, 6.45) is 3.40. The summed E-state index contributed by atoms with van der Waals surface area (Å²) < 4.78 is 0. The standard InChI is InChI=1S/C13H13N3S/c1-9-3-2-4-10(7-9)16-12-8-15-6-5-11(12)13(14)17/h2-8,16H,1H3,(H2,14,17). The number of pyridine rings is 1. The van der Waals surface area contributed by atoms with Gasteiger partial charge < -0.3 is 11.1 Å². The predicted molar refractivity (Wildman–Crippen MR) is 74.6 cm³/mol. The fourth-order valence-electron chi connectivity index (χ4n) is 1.59. The van der Waals surface area contributed by atoms with Crippen LogP contribution in [0.25, 0.3) is 0 Å². The van der Waals surface area contributed by atoms with Crippen molar-refractivity contribution in [3.05, 3.63) is 53.9 Å². The van der Waals surface area contributed by atoms with Gasteiger partial charge in [0.15, 0.2) is 0 Å². The fraction of sp³-hybridized carbons (Fsp3) is 0.0769. The molecule has 2 rings (SSSR count). The van der Waals surface area contributed by atoms with E-state index in [0.717, 1.165) is 16.9 Å². The summed E-state index contributed by atoms with van der Waals surface area (Å²) in [5.74, 6) is 0. The highest BCUT2D eigenvalue weighted by Gasteiger charge is 2.04. The van der Waals surface area contributed by atoms with E-state index < -0.39 is 0 Å². The van der Waals surface area contributed by atoms with E-state index in [1.807, 2.05) is 25.1 Å². The van der Waals surface area contributed by atoms with Gasteiger partial charge in [0.2, 0.25) is 0 Å². The second-order valence-corrected chi connectivity index (χ2v) is 4.22. The molecule has 86 valence electrons. The first kappa shape index (κ1) is 11.5. The molecular formula is C13H13N3S. The van der Waals surface area contributed by atoms with Gasteiger partial charge in [-0.2, -0.15) is 0 Å². The number of nitrogens with zero attached hydrogens (tertiary/aromatic N) is 1. The number of hydrogen-bond donors (Lipinski definition) is 2. The highest BCUT2D eigenvalue weighted by molar-refractivity contribution is 7.80. The minimum atomic E-state index is 0.363. The van der Waals surface area contributed by atoms with Crippen LogP contribution in [0.4, 0.5) is 11.4 Å². The zero-order chi connectivity index (χ0) is 12.3. The van der Waals surface area contributed by atoms with Crippen molar-refractivity contribution in [1.29, 1.82) is 0 Å². The van der Waals surface area contributed by atoms with Crippen LogP contribution in [0.5, 0.6) is 0 Å². The van der Waals surface area contributed by atoms with Crippen LogP contribution in [0.2, 0.25) is 0 Å². The van der Waals surface area contributed by atoms with Crippen molar-refractivity contribution in [2.75, 3.05) is 5.32 Å². The summed E-state index contributed by atoms with van der Waals surface area (Å²) >= 11 is 5.00. The molecule has 0 aliphatic heterocycles. The maximum absolute atomic E-state index is 5.66. The first-order valence-corrected chi connectivity index (χ1v) is 5.65. The van der Waals surface area contributed by atoms with E-state index in [-0.39, 0.29) is 0 Å². The van der Waals surface area contributed by atoms with Gasteiger partial charge in [0.25, 0.3) is 0 Å². The second kappa shape index (κ2) is 4.93. The summed E-state index contributed by atoms with van der Waals surface area (Å²) in [6, 6.07) is 9.89. The molecule has 1 aromatic carbocycles. The monoisotopic (exact) mass is 243 g/mol. The maximum atomic E-state index is 5.66. The number of thiocarbonyl (C=S) groups is 1. The largest absolute Gasteiger partial charge is 0.389 e. The first-order chi connectivity index (χ1) is 8.16. The molecule has 17 heavy (non-hydrogen) atoms. The van der Waals surface area contributed by atoms with E-state index in [1.54, 1.807) is 18.5 Å². The average Bonchev–Trinajstić information content (AvgIpc) is 2.29. The second-order valence-electron chi connectivity index (χ2n) is 3.78. The van der Waals surface area contributed by atoms with Gasteiger partial charge in [-0.3, -0.25) is 4.98 Å². The molecular weight excluding hydrogens is 230 g/mol. The minimum Gasteiger partial charge on any atom is -0.389 e. The fourth-order valence-corrected chi connectivity index (χ4v) is 1.77. The Morgan fingerprint density at radius 3 is 2.88 bits per heavy atom. The van der Waals surface area contributed by atoms with Crippen LogP contribution in [0.3, 0.4) is 0 Å². The Kier molecular flexibility index (Phi) is 3.35. The van der Waals surface area contributed by atoms with Crippen molar-refractivity contribution in [2.45, 2.75) is 6.92 Å². The van der Waals surface area contributed by atoms with Gasteiger partial charge in [-0.1, -0.05) is 24.4 Å². The molecule has 0 unspecified atom stereocenters. The zero-order valence-electron chi connectivity index (χ0n) is 9.47. The number of nitrogens with two attached hydrogens (primary N) is 1. The van der Waals surface area contributed by atoms with Crippen LogP contribution in [-0.2, 0) is 0 Å². The quantitative estimate of drug-likeness (QED) is 0.814. The molecule has 2 aromatic rings. The molecule has 0 saturated heterocycles. The van der Waals surface area contributed by atoms with Crippen molar-refractivity contribution < 1.29 is 0 Å². The van der Waals surface area contributed by atoms with E-state index in [2.05, 4.69) is 16.4 Å². The van der Waals surface area contributed by atoms with Gasteiger partial charge in [-0.05, 0) is 30.7 Å². The summed E-state index contributed by atoms with van der Waals surface area (Å²) in [5.41, 5.74) is 9.48. The third kappa shape index (κ3) is 2.79. The van der Waals surface area contributed by atoms with Crippen molar-refractivity contribution in [2.24, 2.45) is 5.73 Å². The lowest BCUT2D eigenvalue weighted by Gasteiger charge is -2.10. The summed E-state index contributed by atoms with van der Waals surface area (Å²) in [6.45, 7) is 2.04. The lowest BCUT2D eigenvalue weighted by atomic mass is 10.2.